The molecule has 0 aliphatic rings. The highest BCUT2D eigenvalue weighted by Gasteiger charge is 2.17. The van der Waals surface area contributed by atoms with Crippen LogP contribution in [0.4, 0.5) is 0 Å². The van der Waals surface area contributed by atoms with Gasteiger partial charge in [-0.05, 0) is 31.0 Å². The Labute approximate surface area is 127 Å². The number of carboxylic acids is 1. The normalized spacial score (nSPS) is 10.4. The van der Waals surface area contributed by atoms with E-state index in [0.29, 0.717) is 12.2 Å². The van der Waals surface area contributed by atoms with Crippen LogP contribution in [0.2, 0.25) is 0 Å². The molecular formula is C16H16O4S. The van der Waals surface area contributed by atoms with Gasteiger partial charge in [0.25, 0.3) is 0 Å². The van der Waals surface area contributed by atoms with Crippen molar-refractivity contribution in [2.75, 3.05) is 6.61 Å². The van der Waals surface area contributed by atoms with Gasteiger partial charge in [0.1, 0.15) is 4.88 Å². The summed E-state index contributed by atoms with van der Waals surface area (Å²) in [5.41, 5.74) is 2.73. The van der Waals surface area contributed by atoms with Gasteiger partial charge in [-0.3, -0.25) is 4.79 Å². The molecule has 0 unspecified atom stereocenters. The Morgan fingerprint density at radius 2 is 1.90 bits per heavy atom. The number of ether oxygens (including phenoxy) is 1. The van der Waals surface area contributed by atoms with E-state index < -0.39 is 5.97 Å². The lowest BCUT2D eigenvalue weighted by atomic mass is 10.1. The quantitative estimate of drug-likeness (QED) is 0.858. The van der Waals surface area contributed by atoms with E-state index in [-0.39, 0.29) is 17.3 Å². The van der Waals surface area contributed by atoms with Gasteiger partial charge in [0.2, 0.25) is 0 Å². The summed E-state index contributed by atoms with van der Waals surface area (Å²) in [5.74, 6) is -1.33. The third-order valence-electron chi connectivity index (χ3n) is 2.97. The first-order valence-electron chi connectivity index (χ1n) is 6.60. The van der Waals surface area contributed by atoms with E-state index in [0.717, 1.165) is 16.0 Å². The van der Waals surface area contributed by atoms with Crippen LogP contribution in [-0.4, -0.2) is 23.7 Å². The van der Waals surface area contributed by atoms with Gasteiger partial charge in [0.05, 0.1) is 13.0 Å². The first-order valence-corrected chi connectivity index (χ1v) is 7.41. The Morgan fingerprint density at radius 3 is 2.48 bits per heavy atom. The zero-order chi connectivity index (χ0) is 15.4. The van der Waals surface area contributed by atoms with Gasteiger partial charge in [0.15, 0.2) is 0 Å². The van der Waals surface area contributed by atoms with Crippen molar-refractivity contribution in [3.63, 3.8) is 0 Å². The molecule has 0 bridgehead atoms. The second-order valence-electron chi connectivity index (χ2n) is 4.62. The largest absolute Gasteiger partial charge is 0.477 e. The average Bonchev–Trinajstić information content (AvgIpc) is 2.84. The van der Waals surface area contributed by atoms with Gasteiger partial charge >= 0.3 is 11.9 Å². The number of rotatable bonds is 5. The highest BCUT2D eigenvalue weighted by molar-refractivity contribution is 7.17. The minimum Gasteiger partial charge on any atom is -0.477 e. The zero-order valence-corrected chi connectivity index (χ0v) is 12.7. The number of aromatic carboxylic acids is 1. The van der Waals surface area contributed by atoms with Crippen LogP contribution in [0.3, 0.4) is 0 Å². The number of aryl methyl sites for hydroxylation is 1. The molecular weight excluding hydrogens is 288 g/mol. The van der Waals surface area contributed by atoms with Crippen LogP contribution in [0, 0.1) is 6.92 Å². The minimum absolute atomic E-state index is 0.0842. The highest BCUT2D eigenvalue weighted by atomic mass is 32.1. The zero-order valence-electron chi connectivity index (χ0n) is 11.9. The molecule has 0 atom stereocenters. The molecule has 21 heavy (non-hydrogen) atoms. The maximum atomic E-state index is 11.7. The van der Waals surface area contributed by atoms with Crippen molar-refractivity contribution in [3.05, 3.63) is 46.3 Å². The van der Waals surface area contributed by atoms with Gasteiger partial charge < -0.3 is 9.84 Å². The van der Waals surface area contributed by atoms with E-state index in [4.69, 9.17) is 9.84 Å². The van der Waals surface area contributed by atoms with E-state index in [9.17, 15) is 9.59 Å². The first kappa shape index (κ1) is 15.3. The summed E-state index contributed by atoms with van der Waals surface area (Å²) in [5, 5.41) is 9.15. The molecule has 5 heteroatoms. The summed E-state index contributed by atoms with van der Waals surface area (Å²) < 4.78 is 4.94. The predicted octanol–water partition coefficient (Wildman–Crippen LogP) is 3.53. The highest BCUT2D eigenvalue weighted by Crippen LogP contribution is 2.33. The molecule has 0 aliphatic heterocycles. The Hall–Kier alpha value is -2.14. The van der Waals surface area contributed by atoms with Crippen LogP contribution in [0.25, 0.3) is 10.4 Å². The van der Waals surface area contributed by atoms with Crippen molar-refractivity contribution < 1.29 is 19.4 Å². The number of hydrogen-bond acceptors (Lipinski definition) is 4. The number of carbonyl (C=O) groups excluding carboxylic acids is 1. The van der Waals surface area contributed by atoms with Gasteiger partial charge in [-0.15, -0.1) is 11.3 Å². The molecule has 0 radical (unpaired) electrons. The molecule has 1 aromatic heterocycles. The third kappa shape index (κ3) is 3.70. The van der Waals surface area contributed by atoms with Crippen LogP contribution >= 0.6 is 11.3 Å². The second-order valence-corrected chi connectivity index (χ2v) is 5.67. The van der Waals surface area contributed by atoms with Gasteiger partial charge in [0, 0.05) is 4.88 Å². The van der Waals surface area contributed by atoms with E-state index in [1.165, 1.54) is 11.3 Å². The number of carbonyl (C=O) groups is 2. The Morgan fingerprint density at radius 1 is 1.24 bits per heavy atom. The molecule has 1 aromatic carbocycles. The fraction of sp³-hybridized carbons (Fsp3) is 0.250. The smallest absolute Gasteiger partial charge is 0.345 e. The van der Waals surface area contributed by atoms with Crippen LogP contribution in [0.1, 0.15) is 27.7 Å². The lowest BCUT2D eigenvalue weighted by Crippen LogP contribution is -2.07. The van der Waals surface area contributed by atoms with E-state index >= 15 is 0 Å². The lowest BCUT2D eigenvalue weighted by Gasteiger charge is -2.04. The molecule has 0 amide bonds. The maximum Gasteiger partial charge on any atom is 0.345 e. The topological polar surface area (TPSA) is 63.6 Å². The van der Waals surface area contributed by atoms with Gasteiger partial charge in [-0.1, -0.05) is 29.8 Å². The van der Waals surface area contributed by atoms with E-state index in [2.05, 4.69) is 0 Å². The number of carboxylic acid groups (broad SMARTS) is 1. The summed E-state index contributed by atoms with van der Waals surface area (Å²) in [7, 11) is 0. The molecule has 110 valence electrons. The SMILES string of the molecule is CCOC(=O)Cc1cc(C(=O)O)sc1-c1ccc(C)cc1. The number of benzene rings is 1. The average molecular weight is 304 g/mol. The third-order valence-corrected chi connectivity index (χ3v) is 4.19. The Kier molecular flexibility index (Phi) is 4.75. The van der Waals surface area contributed by atoms with Crippen molar-refractivity contribution >= 4 is 23.3 Å². The molecule has 0 aliphatic carbocycles. The van der Waals surface area contributed by atoms with Crippen molar-refractivity contribution in [1.82, 2.24) is 0 Å². The van der Waals surface area contributed by atoms with Crippen LogP contribution in [0.5, 0.6) is 0 Å². The van der Waals surface area contributed by atoms with Crippen LogP contribution < -0.4 is 0 Å². The van der Waals surface area contributed by atoms with Crippen molar-refractivity contribution in [1.29, 1.82) is 0 Å². The van der Waals surface area contributed by atoms with Crippen LogP contribution in [-0.2, 0) is 16.0 Å². The molecule has 0 saturated carbocycles. The van der Waals surface area contributed by atoms with Gasteiger partial charge in [-0.2, -0.15) is 0 Å². The molecule has 1 N–H and O–H groups in total. The summed E-state index contributed by atoms with van der Waals surface area (Å²) in [6.07, 6.45) is 0.0842. The first-order chi connectivity index (χ1) is 10.0. The van der Waals surface area contributed by atoms with E-state index in [1.54, 1.807) is 13.0 Å². The number of hydrogen-bond donors (Lipinski definition) is 1. The van der Waals surface area contributed by atoms with Crippen molar-refractivity contribution in [2.24, 2.45) is 0 Å². The summed E-state index contributed by atoms with van der Waals surface area (Å²) in [6.45, 7) is 4.05. The Balaban J connectivity index is 2.40. The lowest BCUT2D eigenvalue weighted by molar-refractivity contribution is -0.142. The van der Waals surface area contributed by atoms with Crippen molar-refractivity contribution in [3.8, 4) is 10.4 Å². The molecule has 4 nitrogen and oxygen atoms in total. The molecule has 2 aromatic rings. The Bertz CT molecular complexity index is 655. The number of esters is 1. The molecule has 1 heterocycles. The van der Waals surface area contributed by atoms with E-state index in [1.807, 2.05) is 31.2 Å². The molecule has 2 rings (SSSR count). The number of thiophene rings is 1. The van der Waals surface area contributed by atoms with Crippen molar-refractivity contribution in [2.45, 2.75) is 20.3 Å². The second kappa shape index (κ2) is 6.54. The van der Waals surface area contributed by atoms with Crippen LogP contribution in [0.15, 0.2) is 30.3 Å². The maximum absolute atomic E-state index is 11.7. The summed E-state index contributed by atoms with van der Waals surface area (Å²) in [4.78, 5) is 23.9. The fourth-order valence-electron chi connectivity index (χ4n) is 1.98. The monoisotopic (exact) mass is 304 g/mol. The molecule has 0 fully saturated rings. The standard InChI is InChI=1S/C16H16O4S/c1-3-20-14(17)9-12-8-13(16(18)19)21-15(12)11-6-4-10(2)5-7-11/h4-8H,3,9H2,1-2H3,(H,18,19). The molecule has 0 saturated heterocycles. The molecule has 0 spiro atoms. The minimum atomic E-state index is -0.983. The summed E-state index contributed by atoms with van der Waals surface area (Å²) in [6, 6.07) is 9.34. The predicted molar refractivity (Wildman–Crippen MR) is 81.8 cm³/mol. The van der Waals surface area contributed by atoms with Gasteiger partial charge in [-0.25, -0.2) is 4.79 Å². The summed E-state index contributed by atoms with van der Waals surface area (Å²) >= 11 is 1.18. The fourth-order valence-corrected chi connectivity index (χ4v) is 3.01.